The van der Waals surface area contributed by atoms with Crippen LogP contribution in [0.2, 0.25) is 0 Å². The number of aliphatic hydroxyl groups excluding tert-OH is 1. The molecule has 0 spiro atoms. The predicted octanol–water partition coefficient (Wildman–Crippen LogP) is 1.46. The van der Waals surface area contributed by atoms with Crippen molar-refractivity contribution in [3.05, 3.63) is 42.5 Å². The van der Waals surface area contributed by atoms with Gasteiger partial charge in [-0.05, 0) is 12.1 Å². The van der Waals surface area contributed by atoms with Crippen LogP contribution in [-0.2, 0) is 4.79 Å². The highest BCUT2D eigenvalue weighted by Crippen LogP contribution is 2.31. The summed E-state index contributed by atoms with van der Waals surface area (Å²) < 4.78 is 22.1. The van der Waals surface area contributed by atoms with Crippen LogP contribution in [0.1, 0.15) is 0 Å². The van der Waals surface area contributed by atoms with Crippen molar-refractivity contribution in [2.45, 2.75) is 12.2 Å². The topological polar surface area (TPSA) is 92.7 Å². The molecule has 0 aliphatic carbocycles. The largest absolute Gasteiger partial charge is 0.497 e. The van der Waals surface area contributed by atoms with Gasteiger partial charge >= 0.3 is 0 Å². The average Bonchev–Trinajstić information content (AvgIpc) is 2.84. The van der Waals surface area contributed by atoms with Gasteiger partial charge in [0.15, 0.2) is 17.6 Å². The van der Waals surface area contributed by atoms with Crippen molar-refractivity contribution in [2.75, 3.05) is 65.4 Å². The molecule has 2 aliphatic heterocycles. The van der Waals surface area contributed by atoms with E-state index in [1.54, 1.807) is 32.4 Å². The summed E-state index contributed by atoms with van der Waals surface area (Å²) in [6.07, 6.45) is -1.06. The van der Waals surface area contributed by atoms with Crippen LogP contribution < -0.4 is 24.3 Å². The SMILES string of the molecule is COc1cc(NC(=O)CN2CCN(CC(O)C3COc4ccccc4O3)CC2)cc(OC)c1. The fourth-order valence-electron chi connectivity index (χ4n) is 4.02. The van der Waals surface area contributed by atoms with Crippen LogP contribution in [0.25, 0.3) is 0 Å². The van der Waals surface area contributed by atoms with Gasteiger partial charge in [0.05, 0.1) is 20.8 Å². The highest BCUT2D eigenvalue weighted by Gasteiger charge is 2.30. The van der Waals surface area contributed by atoms with Crippen molar-refractivity contribution < 1.29 is 28.8 Å². The first-order valence-electron chi connectivity index (χ1n) is 11.1. The molecule has 2 aliphatic rings. The minimum Gasteiger partial charge on any atom is -0.497 e. The van der Waals surface area contributed by atoms with E-state index in [2.05, 4.69) is 15.1 Å². The molecule has 178 valence electrons. The molecule has 9 heteroatoms. The second-order valence-corrected chi connectivity index (χ2v) is 8.21. The third-order valence-corrected chi connectivity index (χ3v) is 5.87. The summed E-state index contributed by atoms with van der Waals surface area (Å²) in [5, 5.41) is 13.6. The molecular weight excluding hydrogens is 426 g/mol. The number of aliphatic hydroxyl groups is 1. The third-order valence-electron chi connectivity index (χ3n) is 5.87. The fraction of sp³-hybridized carbons (Fsp3) is 0.458. The number of para-hydroxylation sites is 2. The Labute approximate surface area is 193 Å². The van der Waals surface area contributed by atoms with Crippen molar-refractivity contribution in [3.8, 4) is 23.0 Å². The first kappa shape index (κ1) is 23.2. The number of hydrogen-bond donors (Lipinski definition) is 2. The van der Waals surface area contributed by atoms with Gasteiger partial charge in [0, 0.05) is 56.6 Å². The van der Waals surface area contributed by atoms with Gasteiger partial charge in [-0.15, -0.1) is 0 Å². The van der Waals surface area contributed by atoms with Gasteiger partial charge < -0.3 is 29.4 Å². The van der Waals surface area contributed by atoms with Crippen LogP contribution in [-0.4, -0.2) is 93.1 Å². The van der Waals surface area contributed by atoms with Crippen LogP contribution >= 0.6 is 0 Å². The van der Waals surface area contributed by atoms with E-state index in [0.29, 0.717) is 48.4 Å². The monoisotopic (exact) mass is 457 g/mol. The molecule has 0 bridgehead atoms. The number of nitrogens with one attached hydrogen (secondary N) is 1. The van der Waals surface area contributed by atoms with Gasteiger partial charge in [0.25, 0.3) is 0 Å². The van der Waals surface area contributed by atoms with Gasteiger partial charge in [-0.25, -0.2) is 0 Å². The molecule has 2 unspecified atom stereocenters. The lowest BCUT2D eigenvalue weighted by Crippen LogP contribution is -2.53. The van der Waals surface area contributed by atoms with Crippen molar-refractivity contribution in [1.82, 2.24) is 9.80 Å². The maximum atomic E-state index is 12.5. The Morgan fingerprint density at radius 2 is 1.70 bits per heavy atom. The average molecular weight is 458 g/mol. The van der Waals surface area contributed by atoms with Crippen LogP contribution in [0.15, 0.2) is 42.5 Å². The Balaban J connectivity index is 1.21. The maximum absolute atomic E-state index is 12.5. The highest BCUT2D eigenvalue weighted by atomic mass is 16.6. The van der Waals surface area contributed by atoms with Crippen LogP contribution in [0.3, 0.4) is 0 Å². The number of piperazine rings is 1. The molecule has 1 fully saturated rings. The summed E-state index contributed by atoms with van der Waals surface area (Å²) in [6.45, 7) is 4.14. The Hall–Kier alpha value is -3.01. The fourth-order valence-corrected chi connectivity index (χ4v) is 4.02. The van der Waals surface area contributed by atoms with E-state index in [0.717, 1.165) is 26.2 Å². The summed E-state index contributed by atoms with van der Waals surface area (Å²) in [6, 6.07) is 12.8. The van der Waals surface area contributed by atoms with Gasteiger partial charge in [-0.2, -0.15) is 0 Å². The molecular formula is C24H31N3O6. The molecule has 2 aromatic carbocycles. The standard InChI is InChI=1S/C24H31N3O6/c1-30-18-11-17(12-19(13-18)31-2)25-24(29)15-27-9-7-26(8-10-27)14-20(28)23-16-32-21-5-3-4-6-22(21)33-23/h3-6,11-13,20,23,28H,7-10,14-16H2,1-2H3,(H,25,29). The third kappa shape index (κ3) is 6.07. The number of β-amino-alcohol motifs (C(OH)–C–C–N with tert-alkyl or cyclic N) is 1. The molecule has 2 N–H and O–H groups in total. The minimum atomic E-state index is -0.656. The number of fused-ring (bicyclic) bond motifs is 1. The predicted molar refractivity (Wildman–Crippen MR) is 123 cm³/mol. The van der Waals surface area contributed by atoms with E-state index in [1.807, 2.05) is 24.3 Å². The lowest BCUT2D eigenvalue weighted by atomic mass is 10.1. The Morgan fingerprint density at radius 1 is 1.06 bits per heavy atom. The Kier molecular flexibility index (Phi) is 7.54. The van der Waals surface area contributed by atoms with Gasteiger partial charge in [-0.3, -0.25) is 14.6 Å². The molecule has 4 rings (SSSR count). The van der Waals surface area contributed by atoms with E-state index in [-0.39, 0.29) is 5.91 Å². The molecule has 0 radical (unpaired) electrons. The van der Waals surface area contributed by atoms with Gasteiger partial charge in [-0.1, -0.05) is 12.1 Å². The Morgan fingerprint density at radius 3 is 2.36 bits per heavy atom. The zero-order valence-electron chi connectivity index (χ0n) is 19.0. The zero-order valence-corrected chi connectivity index (χ0v) is 19.0. The number of ether oxygens (including phenoxy) is 4. The van der Waals surface area contributed by atoms with E-state index in [4.69, 9.17) is 18.9 Å². The summed E-state index contributed by atoms with van der Waals surface area (Å²) in [7, 11) is 3.15. The number of methoxy groups -OCH3 is 2. The molecule has 2 aromatic rings. The second-order valence-electron chi connectivity index (χ2n) is 8.21. The van der Waals surface area contributed by atoms with Gasteiger partial charge in [0.2, 0.25) is 5.91 Å². The van der Waals surface area contributed by atoms with Crippen LogP contribution in [0.4, 0.5) is 5.69 Å². The number of hydrogen-bond acceptors (Lipinski definition) is 8. The number of carbonyl (C=O) groups excluding carboxylic acids is 1. The number of nitrogens with zero attached hydrogens (tertiary/aromatic N) is 2. The molecule has 0 saturated carbocycles. The molecule has 1 saturated heterocycles. The van der Waals surface area contributed by atoms with Gasteiger partial charge in [0.1, 0.15) is 24.2 Å². The van der Waals surface area contributed by atoms with E-state index < -0.39 is 12.2 Å². The van der Waals surface area contributed by atoms with Crippen LogP contribution in [0.5, 0.6) is 23.0 Å². The minimum absolute atomic E-state index is 0.0924. The molecule has 2 heterocycles. The van der Waals surface area contributed by atoms with E-state index in [9.17, 15) is 9.90 Å². The van der Waals surface area contributed by atoms with Crippen molar-refractivity contribution in [1.29, 1.82) is 0 Å². The molecule has 2 atom stereocenters. The number of benzene rings is 2. The molecule has 9 nitrogen and oxygen atoms in total. The van der Waals surface area contributed by atoms with Crippen molar-refractivity contribution >= 4 is 11.6 Å². The summed E-state index contributed by atoms with van der Waals surface area (Å²) in [5.74, 6) is 2.52. The van der Waals surface area contributed by atoms with Crippen molar-refractivity contribution in [2.24, 2.45) is 0 Å². The van der Waals surface area contributed by atoms with E-state index >= 15 is 0 Å². The summed E-state index contributed by atoms with van der Waals surface area (Å²) >= 11 is 0. The van der Waals surface area contributed by atoms with Crippen molar-refractivity contribution in [3.63, 3.8) is 0 Å². The number of amides is 1. The molecule has 1 amide bonds. The molecule has 0 aromatic heterocycles. The first-order chi connectivity index (χ1) is 16.0. The zero-order chi connectivity index (χ0) is 23.2. The summed E-state index contributed by atoms with van der Waals surface area (Å²) in [5.41, 5.74) is 0.634. The number of rotatable bonds is 8. The van der Waals surface area contributed by atoms with Crippen LogP contribution in [0, 0.1) is 0 Å². The first-order valence-corrected chi connectivity index (χ1v) is 11.1. The lowest BCUT2D eigenvalue weighted by Gasteiger charge is -2.37. The smallest absolute Gasteiger partial charge is 0.238 e. The number of carbonyl (C=O) groups is 1. The summed E-state index contributed by atoms with van der Waals surface area (Å²) in [4.78, 5) is 16.8. The maximum Gasteiger partial charge on any atom is 0.238 e. The lowest BCUT2D eigenvalue weighted by molar-refractivity contribution is -0.117. The normalized spacial score (nSPS) is 19.5. The Bertz CT molecular complexity index is 925. The highest BCUT2D eigenvalue weighted by molar-refractivity contribution is 5.92. The second kappa shape index (κ2) is 10.7. The van der Waals surface area contributed by atoms with E-state index in [1.165, 1.54) is 0 Å². The number of anilines is 1. The quantitative estimate of drug-likeness (QED) is 0.616. The molecule has 33 heavy (non-hydrogen) atoms.